The van der Waals surface area contributed by atoms with Gasteiger partial charge in [0, 0.05) is 31.1 Å². The minimum atomic E-state index is -3.39. The molecule has 0 bridgehead atoms. The van der Waals surface area contributed by atoms with Gasteiger partial charge in [0.15, 0.2) is 9.84 Å². The monoisotopic (exact) mass is 642 g/mol. The first-order chi connectivity index (χ1) is 21.7. The lowest BCUT2D eigenvalue weighted by molar-refractivity contribution is -0.131. The van der Waals surface area contributed by atoms with Crippen molar-refractivity contribution in [1.29, 1.82) is 0 Å². The van der Waals surface area contributed by atoms with Crippen LogP contribution in [0.2, 0.25) is 0 Å². The molecular weight excluding hydrogens is 610 g/mol. The Hall–Kier alpha value is -4.47. The molecule has 1 aliphatic heterocycles. The molecule has 4 aromatic rings. The molecule has 2 N–H and O–H groups in total. The Labute approximate surface area is 258 Å². The molecule has 3 atom stereocenters. The second-order valence-corrected chi connectivity index (χ2v) is 12.5. The third kappa shape index (κ3) is 7.79. The Balaban J connectivity index is 1.24. The molecule has 45 heavy (non-hydrogen) atoms. The minimum absolute atomic E-state index is 0.0427. The van der Waals surface area contributed by atoms with E-state index in [1.54, 1.807) is 71.5 Å². The number of halogens is 2. The van der Waals surface area contributed by atoms with E-state index in [0.717, 1.165) is 5.69 Å². The lowest BCUT2D eigenvalue weighted by Crippen LogP contribution is -2.35. The Morgan fingerprint density at radius 2 is 1.91 bits per heavy atom. The van der Waals surface area contributed by atoms with E-state index in [0.29, 0.717) is 30.2 Å². The second-order valence-electron chi connectivity index (χ2n) is 10.3. The van der Waals surface area contributed by atoms with Crippen molar-refractivity contribution in [2.45, 2.75) is 43.0 Å². The summed E-state index contributed by atoms with van der Waals surface area (Å²) in [6.07, 6.45) is 6.39. The number of carbonyl (C=O) groups excluding carboxylic acids is 1. The molecule has 0 aliphatic carbocycles. The minimum Gasteiger partial charge on any atom is -0.472 e. The molecule has 238 valence electrons. The molecule has 0 radical (unpaired) electrons. The molecule has 12 nitrogen and oxygen atoms in total. The van der Waals surface area contributed by atoms with Crippen molar-refractivity contribution in [1.82, 2.24) is 25.1 Å². The topological polar surface area (TPSA) is 149 Å². The van der Waals surface area contributed by atoms with E-state index in [1.165, 1.54) is 24.4 Å². The van der Waals surface area contributed by atoms with Crippen molar-refractivity contribution >= 4 is 21.6 Å². The van der Waals surface area contributed by atoms with Gasteiger partial charge in [-0.25, -0.2) is 23.1 Å². The molecule has 1 aliphatic rings. The summed E-state index contributed by atoms with van der Waals surface area (Å²) in [7, 11) is -3.39. The van der Waals surface area contributed by atoms with Crippen LogP contribution in [-0.2, 0) is 14.6 Å². The number of hydrogen-bond donors (Lipinski definition) is 2. The van der Waals surface area contributed by atoms with Crippen LogP contribution < -0.4 is 15.0 Å². The number of sulfone groups is 1. The first-order valence-electron chi connectivity index (χ1n) is 14.2. The molecule has 5 rings (SSSR count). The van der Waals surface area contributed by atoms with Gasteiger partial charge in [-0.2, -0.15) is 13.9 Å². The highest BCUT2D eigenvalue weighted by Crippen LogP contribution is 2.28. The van der Waals surface area contributed by atoms with Crippen molar-refractivity contribution in [3.63, 3.8) is 0 Å². The summed E-state index contributed by atoms with van der Waals surface area (Å²) in [6, 6.07) is 13.1. The van der Waals surface area contributed by atoms with Crippen LogP contribution in [0.15, 0.2) is 84.3 Å². The summed E-state index contributed by atoms with van der Waals surface area (Å²) in [5, 5.41) is 16.8. The number of nitrogens with zero attached hydrogens (tertiary/aromatic N) is 5. The molecule has 0 saturated carbocycles. The first kappa shape index (κ1) is 31.9. The maximum Gasteiger partial charge on any atom is 0.345 e. The maximum absolute atomic E-state index is 13.0. The number of rotatable bonds is 13. The van der Waals surface area contributed by atoms with Gasteiger partial charge in [-0.1, -0.05) is 19.1 Å². The smallest absolute Gasteiger partial charge is 0.345 e. The summed E-state index contributed by atoms with van der Waals surface area (Å²) in [5.74, 6) is 0.252. The molecule has 0 spiro atoms. The van der Waals surface area contributed by atoms with Crippen LogP contribution in [0.4, 0.5) is 14.6 Å². The lowest BCUT2D eigenvalue weighted by Gasteiger charge is -2.25. The Kier molecular flexibility index (Phi) is 10.0. The first-order valence-corrected chi connectivity index (χ1v) is 15.8. The van der Waals surface area contributed by atoms with Crippen molar-refractivity contribution in [2.75, 3.05) is 30.4 Å². The predicted octanol–water partition coefficient (Wildman–Crippen LogP) is 3.18. The van der Waals surface area contributed by atoms with E-state index in [2.05, 4.69) is 25.1 Å². The highest BCUT2D eigenvalue weighted by Gasteiger charge is 2.35. The average molecular weight is 643 g/mol. The lowest BCUT2D eigenvalue weighted by atomic mass is 10.1. The van der Waals surface area contributed by atoms with Gasteiger partial charge in [-0.05, 0) is 42.0 Å². The third-order valence-electron chi connectivity index (χ3n) is 7.38. The quantitative estimate of drug-likeness (QED) is 0.223. The number of amides is 1. The van der Waals surface area contributed by atoms with Crippen molar-refractivity contribution in [3.8, 4) is 11.6 Å². The van der Waals surface area contributed by atoms with Crippen LogP contribution in [0.5, 0.6) is 5.88 Å². The number of hydrogen-bond acceptors (Lipinski definition) is 10. The van der Waals surface area contributed by atoms with Gasteiger partial charge in [-0.15, -0.1) is 0 Å². The number of aromatic nitrogens is 4. The normalized spacial score (nSPS) is 17.4. The number of nitrogens with one attached hydrogen (secondary N) is 1. The van der Waals surface area contributed by atoms with E-state index in [1.807, 2.05) is 0 Å². The van der Waals surface area contributed by atoms with Crippen molar-refractivity contribution < 1.29 is 36.6 Å². The summed E-state index contributed by atoms with van der Waals surface area (Å²) in [4.78, 5) is 23.7. The number of anilines is 1. The van der Waals surface area contributed by atoms with Crippen molar-refractivity contribution in [3.05, 3.63) is 90.5 Å². The SMILES string of the molecule is CCS(=O)(=O)c1ccc(C(CO)NC(=O)c2ccc(N3C[C@@H](Oc4ccc(-n5cccn5)cn4)C[C@H]3COC(F)F)nc2)cc1. The number of carbonyl (C=O) groups is 1. The maximum atomic E-state index is 13.0. The zero-order chi connectivity index (χ0) is 32.0. The van der Waals surface area contributed by atoms with E-state index in [9.17, 15) is 27.1 Å². The molecular formula is C30H32F2N6O6S. The molecule has 1 fully saturated rings. The Bertz CT molecular complexity index is 1660. The van der Waals surface area contributed by atoms with Crippen molar-refractivity contribution in [2.24, 2.45) is 0 Å². The van der Waals surface area contributed by atoms with Gasteiger partial charge >= 0.3 is 6.61 Å². The third-order valence-corrected chi connectivity index (χ3v) is 9.13. The van der Waals surface area contributed by atoms with Crippen LogP contribution >= 0.6 is 0 Å². The summed E-state index contributed by atoms with van der Waals surface area (Å²) in [6.45, 7) is -1.75. The van der Waals surface area contributed by atoms with Crippen LogP contribution in [0.25, 0.3) is 5.69 Å². The van der Waals surface area contributed by atoms with Gasteiger partial charge < -0.3 is 24.8 Å². The van der Waals surface area contributed by atoms with Gasteiger partial charge in [0.05, 0.1) is 59.9 Å². The highest BCUT2D eigenvalue weighted by atomic mass is 32.2. The van der Waals surface area contributed by atoms with Crippen LogP contribution in [-0.4, -0.2) is 83.4 Å². The number of alkyl halides is 2. The molecule has 4 heterocycles. The zero-order valence-corrected chi connectivity index (χ0v) is 25.1. The molecule has 1 unspecified atom stereocenters. The van der Waals surface area contributed by atoms with Gasteiger partial charge in [0.25, 0.3) is 5.91 Å². The fourth-order valence-electron chi connectivity index (χ4n) is 4.99. The highest BCUT2D eigenvalue weighted by molar-refractivity contribution is 7.91. The average Bonchev–Trinajstić information content (AvgIpc) is 3.74. The largest absolute Gasteiger partial charge is 0.472 e. The summed E-state index contributed by atoms with van der Waals surface area (Å²) >= 11 is 0. The standard InChI is InChI=1S/C30H32F2N6O6S/c1-2-45(41,42)25-8-4-20(5-9-25)26(18-39)36-29(40)21-6-10-27(33-15-21)37-17-24(14-23(37)19-43-30(31)32)44-28-11-7-22(16-34-28)38-13-3-12-35-38/h3-13,15-16,23-24,26,30,39H,2,14,17-19H2,1H3,(H,36,40)/t23-,24-,26?/m0/s1. The van der Waals surface area contributed by atoms with Crippen LogP contribution in [0, 0.1) is 0 Å². The number of aliphatic hydroxyl groups excluding tert-OH is 1. The molecule has 1 aromatic carbocycles. The van der Waals surface area contributed by atoms with Gasteiger partial charge in [-0.3, -0.25) is 4.79 Å². The molecule has 1 saturated heterocycles. The fraction of sp³-hybridized carbons (Fsp3) is 0.333. The van der Waals surface area contributed by atoms with E-state index in [-0.39, 0.29) is 22.8 Å². The van der Waals surface area contributed by atoms with E-state index < -0.39 is 47.2 Å². The van der Waals surface area contributed by atoms with Crippen LogP contribution in [0.3, 0.4) is 0 Å². The summed E-state index contributed by atoms with van der Waals surface area (Å²) in [5.41, 5.74) is 1.49. The second kappa shape index (κ2) is 14.1. The predicted molar refractivity (Wildman–Crippen MR) is 159 cm³/mol. The Morgan fingerprint density at radius 3 is 2.51 bits per heavy atom. The fourth-order valence-corrected chi connectivity index (χ4v) is 5.88. The van der Waals surface area contributed by atoms with Gasteiger partial charge in [0.2, 0.25) is 5.88 Å². The number of benzene rings is 1. The Morgan fingerprint density at radius 1 is 1.11 bits per heavy atom. The van der Waals surface area contributed by atoms with E-state index >= 15 is 0 Å². The molecule has 15 heteroatoms. The molecule has 1 amide bonds. The number of aliphatic hydroxyl groups is 1. The van der Waals surface area contributed by atoms with Gasteiger partial charge in [0.1, 0.15) is 11.9 Å². The van der Waals surface area contributed by atoms with E-state index in [4.69, 9.17) is 4.74 Å². The summed E-state index contributed by atoms with van der Waals surface area (Å²) < 4.78 is 62.3. The number of ether oxygens (including phenoxy) is 2. The zero-order valence-electron chi connectivity index (χ0n) is 24.2. The number of pyridine rings is 2. The van der Waals surface area contributed by atoms with Crippen LogP contribution in [0.1, 0.15) is 35.3 Å². The molecule has 3 aromatic heterocycles.